The van der Waals surface area contributed by atoms with E-state index in [1.807, 2.05) is 0 Å². The van der Waals surface area contributed by atoms with Crippen molar-refractivity contribution in [3.8, 4) is 5.75 Å². The maximum absolute atomic E-state index is 13.4. The Kier molecular flexibility index (Phi) is 5.60. The minimum absolute atomic E-state index is 0.0103. The highest BCUT2D eigenvalue weighted by atomic mass is 35.5. The number of benzene rings is 3. The van der Waals surface area contributed by atoms with Gasteiger partial charge in [0, 0.05) is 5.02 Å². The van der Waals surface area contributed by atoms with Crippen molar-refractivity contribution in [2.45, 2.75) is 18.0 Å². The predicted octanol–water partition coefficient (Wildman–Crippen LogP) is 4.82. The summed E-state index contributed by atoms with van der Waals surface area (Å²) in [5.74, 6) is 0.123. The van der Waals surface area contributed by atoms with E-state index >= 15 is 0 Å². The van der Waals surface area contributed by atoms with Gasteiger partial charge in [-0.15, -0.1) is 0 Å². The summed E-state index contributed by atoms with van der Waals surface area (Å²) < 4.78 is 45.9. The van der Waals surface area contributed by atoms with Crippen molar-refractivity contribution in [3.63, 3.8) is 0 Å². The minimum atomic E-state index is -4.07. The fourth-order valence-electron chi connectivity index (χ4n) is 3.38. The fraction of sp³-hybridized carbons (Fsp3) is 0.136. The highest BCUT2D eigenvalue weighted by Crippen LogP contribution is 2.36. The summed E-state index contributed by atoms with van der Waals surface area (Å²) in [6.07, 6.45) is 0. The van der Waals surface area contributed by atoms with E-state index < -0.39 is 21.9 Å². The predicted molar refractivity (Wildman–Crippen MR) is 115 cm³/mol. The van der Waals surface area contributed by atoms with Crippen LogP contribution in [-0.4, -0.2) is 25.9 Å². The molecule has 0 bridgehead atoms. The number of amides is 2. The smallest absolute Gasteiger partial charge is 0.339 e. The molecule has 0 atom stereocenters. The van der Waals surface area contributed by atoms with Crippen LogP contribution in [0.3, 0.4) is 0 Å². The zero-order chi connectivity index (χ0) is 22.2. The van der Waals surface area contributed by atoms with E-state index in [9.17, 15) is 17.6 Å². The van der Waals surface area contributed by atoms with Crippen LogP contribution in [0.2, 0.25) is 5.02 Å². The Bertz CT molecular complexity index is 1250. The molecule has 0 fully saturated rings. The third-order valence-electron chi connectivity index (χ3n) is 5.00. The number of carbonyl (C=O) groups excluding carboxylic acids is 1. The monoisotopic (exact) mass is 460 g/mol. The van der Waals surface area contributed by atoms with Gasteiger partial charge in [-0.1, -0.05) is 41.9 Å². The molecule has 1 heterocycles. The molecule has 1 aliphatic heterocycles. The number of methoxy groups -OCH3 is 1. The lowest BCUT2D eigenvalue weighted by molar-refractivity contribution is 0.226. The Balaban J connectivity index is 1.75. The van der Waals surface area contributed by atoms with Crippen molar-refractivity contribution in [1.29, 1.82) is 0 Å². The number of halogens is 2. The number of hydrogen-bond donors (Lipinski definition) is 0. The topological polar surface area (TPSA) is 66.9 Å². The molecule has 0 aromatic heterocycles. The molecule has 3 aromatic carbocycles. The standard InChI is InChI=1S/C22H18ClFN2O4S/c1-30-18-10-6-15(7-11-18)13-26-22(27)25(14-16-8-9-17(24)12-19(16)23)20-4-2-3-5-21(20)31(26,28)29/h2-12H,13-14H2,1H3. The molecular weight excluding hydrogens is 443 g/mol. The Morgan fingerprint density at radius 1 is 1.00 bits per heavy atom. The van der Waals surface area contributed by atoms with Gasteiger partial charge >= 0.3 is 6.03 Å². The highest BCUT2D eigenvalue weighted by molar-refractivity contribution is 7.90. The molecule has 0 spiro atoms. The number of para-hydroxylation sites is 1. The molecule has 0 unspecified atom stereocenters. The summed E-state index contributed by atoms with van der Waals surface area (Å²) in [4.78, 5) is 14.7. The maximum Gasteiger partial charge on any atom is 0.339 e. The third kappa shape index (κ3) is 3.96. The maximum atomic E-state index is 13.4. The number of anilines is 1. The van der Waals surface area contributed by atoms with Crippen LogP contribution >= 0.6 is 11.6 Å². The molecule has 2 amide bonds. The number of urea groups is 1. The van der Waals surface area contributed by atoms with E-state index in [2.05, 4.69) is 0 Å². The largest absolute Gasteiger partial charge is 0.497 e. The van der Waals surface area contributed by atoms with Gasteiger partial charge < -0.3 is 4.74 Å². The van der Waals surface area contributed by atoms with Crippen molar-refractivity contribution >= 4 is 33.3 Å². The molecule has 1 aliphatic rings. The van der Waals surface area contributed by atoms with Gasteiger partial charge in [-0.2, -0.15) is 0 Å². The van der Waals surface area contributed by atoms with Gasteiger partial charge in [-0.05, 0) is 47.5 Å². The first kappa shape index (κ1) is 21.1. The summed E-state index contributed by atoms with van der Waals surface area (Å²) in [7, 11) is -2.54. The van der Waals surface area contributed by atoms with Gasteiger partial charge in [0.25, 0.3) is 10.0 Å². The van der Waals surface area contributed by atoms with Crippen molar-refractivity contribution < 1.29 is 22.3 Å². The summed E-state index contributed by atoms with van der Waals surface area (Å²) in [5, 5.41) is 0.153. The molecule has 0 N–H and O–H groups in total. The lowest BCUT2D eigenvalue weighted by Gasteiger charge is -2.36. The van der Waals surface area contributed by atoms with Crippen molar-refractivity contribution in [2.24, 2.45) is 0 Å². The molecule has 31 heavy (non-hydrogen) atoms. The molecule has 0 saturated carbocycles. The fourth-order valence-corrected chi connectivity index (χ4v) is 5.16. The molecule has 9 heteroatoms. The lowest BCUT2D eigenvalue weighted by atomic mass is 10.2. The molecule has 4 rings (SSSR count). The van der Waals surface area contributed by atoms with Gasteiger partial charge in [0.05, 0.1) is 25.9 Å². The summed E-state index contributed by atoms with van der Waals surface area (Å²) in [6, 6.07) is 16.2. The van der Waals surface area contributed by atoms with Gasteiger partial charge in [0.1, 0.15) is 16.5 Å². The van der Waals surface area contributed by atoms with Gasteiger partial charge in [-0.25, -0.2) is 21.9 Å². The van der Waals surface area contributed by atoms with Crippen molar-refractivity contribution in [2.75, 3.05) is 12.0 Å². The van der Waals surface area contributed by atoms with E-state index in [0.717, 1.165) is 10.4 Å². The van der Waals surface area contributed by atoms with E-state index in [4.69, 9.17) is 16.3 Å². The number of sulfonamides is 1. The second-order valence-corrected chi connectivity index (χ2v) is 9.17. The number of ether oxygens (including phenoxy) is 1. The second-order valence-electron chi connectivity index (χ2n) is 6.93. The molecule has 0 saturated heterocycles. The highest BCUT2D eigenvalue weighted by Gasteiger charge is 2.41. The zero-order valence-corrected chi connectivity index (χ0v) is 18.0. The SMILES string of the molecule is COc1ccc(CN2C(=O)N(Cc3ccc(F)cc3Cl)c3ccccc3S2(=O)=O)cc1. The van der Waals surface area contributed by atoms with Crippen LogP contribution in [-0.2, 0) is 23.1 Å². The van der Waals surface area contributed by atoms with Gasteiger partial charge in [0.2, 0.25) is 0 Å². The Morgan fingerprint density at radius 2 is 1.71 bits per heavy atom. The van der Waals surface area contributed by atoms with Crippen LogP contribution in [0.15, 0.2) is 71.6 Å². The van der Waals surface area contributed by atoms with Crippen molar-refractivity contribution in [3.05, 3.63) is 88.7 Å². The number of fused-ring (bicyclic) bond motifs is 1. The summed E-state index contributed by atoms with van der Waals surface area (Å²) >= 11 is 6.15. The molecular formula is C22H18ClFN2O4S. The first-order valence-corrected chi connectivity index (χ1v) is 11.1. The summed E-state index contributed by atoms with van der Waals surface area (Å²) in [5.41, 5.74) is 1.37. The Hall–Kier alpha value is -3.10. The van der Waals surface area contributed by atoms with Crippen LogP contribution in [0.1, 0.15) is 11.1 Å². The first-order chi connectivity index (χ1) is 14.8. The Labute approximate surface area is 184 Å². The van der Waals surface area contributed by atoms with Crippen molar-refractivity contribution in [1.82, 2.24) is 4.31 Å². The van der Waals surface area contributed by atoms with E-state index in [1.54, 1.807) is 42.5 Å². The number of rotatable bonds is 5. The third-order valence-corrected chi connectivity index (χ3v) is 7.12. The molecule has 0 aliphatic carbocycles. The number of nitrogens with zero attached hydrogens (tertiary/aromatic N) is 2. The quantitative estimate of drug-likeness (QED) is 0.547. The van der Waals surface area contributed by atoms with Crippen LogP contribution in [0.25, 0.3) is 0 Å². The van der Waals surface area contributed by atoms with E-state index in [0.29, 0.717) is 16.9 Å². The van der Waals surface area contributed by atoms with E-state index in [1.165, 1.54) is 30.2 Å². The van der Waals surface area contributed by atoms with E-state index in [-0.39, 0.29) is 28.7 Å². The average molecular weight is 461 g/mol. The second kappa shape index (κ2) is 8.20. The molecule has 3 aromatic rings. The molecule has 0 radical (unpaired) electrons. The molecule has 6 nitrogen and oxygen atoms in total. The van der Waals surface area contributed by atoms with Crippen LogP contribution < -0.4 is 9.64 Å². The summed E-state index contributed by atoms with van der Waals surface area (Å²) in [6.45, 7) is -0.156. The Morgan fingerprint density at radius 3 is 2.39 bits per heavy atom. The first-order valence-electron chi connectivity index (χ1n) is 9.31. The van der Waals surface area contributed by atoms with Crippen LogP contribution in [0, 0.1) is 5.82 Å². The van der Waals surface area contributed by atoms with Gasteiger partial charge in [0.15, 0.2) is 0 Å². The lowest BCUT2D eigenvalue weighted by Crippen LogP contribution is -2.50. The minimum Gasteiger partial charge on any atom is -0.497 e. The van der Waals surface area contributed by atoms with Gasteiger partial charge in [-0.3, -0.25) is 4.90 Å². The normalized spacial score (nSPS) is 15.0. The molecule has 160 valence electrons. The number of carbonyl (C=O) groups is 1. The zero-order valence-electron chi connectivity index (χ0n) is 16.5. The number of hydrogen-bond acceptors (Lipinski definition) is 4. The average Bonchev–Trinajstić information content (AvgIpc) is 2.76. The van der Waals surface area contributed by atoms with Crippen LogP contribution in [0.5, 0.6) is 5.75 Å². The van der Waals surface area contributed by atoms with Crippen LogP contribution in [0.4, 0.5) is 14.9 Å².